The average Bonchev–Trinajstić information content (AvgIpc) is 3.10. The fourth-order valence-corrected chi connectivity index (χ4v) is 8.44. The Bertz CT molecular complexity index is 1620. The largest absolute Gasteiger partial charge is 0.0654 e. The number of unbranched alkanes of at least 4 members (excludes halogenated alkanes) is 4. The van der Waals surface area contributed by atoms with Crippen LogP contribution in [-0.4, -0.2) is 0 Å². The summed E-state index contributed by atoms with van der Waals surface area (Å²) in [7, 11) is 0. The van der Waals surface area contributed by atoms with Gasteiger partial charge in [0.1, 0.15) is 0 Å². The van der Waals surface area contributed by atoms with E-state index in [1.165, 1.54) is 136 Å². The molecule has 0 unspecified atom stereocenters. The highest BCUT2D eigenvalue weighted by Gasteiger charge is 2.26. The molecule has 0 aliphatic heterocycles. The molecule has 6 rings (SSSR count). The molecule has 0 amide bonds. The van der Waals surface area contributed by atoms with Crippen molar-refractivity contribution in [2.75, 3.05) is 0 Å². The van der Waals surface area contributed by atoms with Gasteiger partial charge in [-0.2, -0.15) is 0 Å². The van der Waals surface area contributed by atoms with E-state index in [0.717, 1.165) is 0 Å². The van der Waals surface area contributed by atoms with Gasteiger partial charge in [0.05, 0.1) is 0 Å². The molecule has 0 heteroatoms. The lowest BCUT2D eigenvalue weighted by Crippen LogP contribution is -2.10. The van der Waals surface area contributed by atoms with Crippen LogP contribution in [0.25, 0.3) is 43.8 Å². The minimum atomic E-state index is 1.18. The van der Waals surface area contributed by atoms with Crippen LogP contribution in [0.4, 0.5) is 0 Å². The van der Waals surface area contributed by atoms with Gasteiger partial charge < -0.3 is 0 Å². The molecule has 1 aliphatic rings. The highest BCUT2D eigenvalue weighted by atomic mass is 14.3. The summed E-state index contributed by atoms with van der Waals surface area (Å²) < 4.78 is 0. The standard InChI is InChI=1S/C46H56/c1-5-9-25-35-36(26-10-6-2)38(28-12-8-4)42-32-44-43(31-41(42)37(35)27-11-7-3)45(33-21-15-13-16-22-33)39-29-19-20-30-40(39)46(44)34-23-17-14-18-24-34/h13-18,21-24,31-32H,5-12,19-20,25-30H2,1-4H3. The van der Waals surface area contributed by atoms with Crippen LogP contribution in [-0.2, 0) is 38.5 Å². The third-order valence-electron chi connectivity index (χ3n) is 10.8. The maximum atomic E-state index is 2.70. The highest BCUT2D eigenvalue weighted by Crippen LogP contribution is 2.47. The van der Waals surface area contributed by atoms with Gasteiger partial charge >= 0.3 is 0 Å². The van der Waals surface area contributed by atoms with Crippen LogP contribution in [0.2, 0.25) is 0 Å². The van der Waals surface area contributed by atoms with Gasteiger partial charge in [-0.15, -0.1) is 0 Å². The first-order valence-corrected chi connectivity index (χ1v) is 18.9. The van der Waals surface area contributed by atoms with Crippen molar-refractivity contribution in [1.82, 2.24) is 0 Å². The van der Waals surface area contributed by atoms with Gasteiger partial charge in [-0.1, -0.05) is 114 Å². The summed E-state index contributed by atoms with van der Waals surface area (Å²) in [5.74, 6) is 0. The van der Waals surface area contributed by atoms with E-state index >= 15 is 0 Å². The Morgan fingerprint density at radius 1 is 0.413 bits per heavy atom. The van der Waals surface area contributed by atoms with Gasteiger partial charge in [0.15, 0.2) is 0 Å². The van der Waals surface area contributed by atoms with Crippen LogP contribution in [0.5, 0.6) is 0 Å². The van der Waals surface area contributed by atoms with Gasteiger partial charge in [0.25, 0.3) is 0 Å². The first-order valence-electron chi connectivity index (χ1n) is 18.9. The molecule has 0 N–H and O–H groups in total. The molecule has 5 aromatic carbocycles. The Morgan fingerprint density at radius 2 is 0.761 bits per heavy atom. The van der Waals surface area contributed by atoms with E-state index in [9.17, 15) is 0 Å². The van der Waals surface area contributed by atoms with E-state index in [1.807, 2.05) is 0 Å². The van der Waals surface area contributed by atoms with Crippen molar-refractivity contribution >= 4 is 21.5 Å². The van der Waals surface area contributed by atoms with Gasteiger partial charge in [0.2, 0.25) is 0 Å². The second-order valence-corrected chi connectivity index (χ2v) is 13.9. The molecule has 0 spiro atoms. The topological polar surface area (TPSA) is 0 Å². The second-order valence-electron chi connectivity index (χ2n) is 13.9. The van der Waals surface area contributed by atoms with Gasteiger partial charge in [-0.3, -0.25) is 0 Å². The number of benzene rings is 5. The molecular weight excluding hydrogens is 553 g/mol. The number of aryl methyl sites for hydroxylation is 2. The fraction of sp³-hybridized carbons (Fsp3) is 0.435. The Kier molecular flexibility index (Phi) is 11.0. The lowest BCUT2D eigenvalue weighted by atomic mass is 9.75. The van der Waals surface area contributed by atoms with Crippen LogP contribution in [0.1, 0.15) is 125 Å². The van der Waals surface area contributed by atoms with Crippen molar-refractivity contribution < 1.29 is 0 Å². The predicted molar refractivity (Wildman–Crippen MR) is 203 cm³/mol. The van der Waals surface area contributed by atoms with Crippen molar-refractivity contribution in [3.05, 3.63) is 106 Å². The van der Waals surface area contributed by atoms with Crippen LogP contribution in [0.15, 0.2) is 72.8 Å². The molecule has 0 bridgehead atoms. The molecule has 0 radical (unpaired) electrons. The van der Waals surface area contributed by atoms with E-state index in [4.69, 9.17) is 0 Å². The first-order chi connectivity index (χ1) is 22.7. The Morgan fingerprint density at radius 3 is 1.11 bits per heavy atom. The third-order valence-corrected chi connectivity index (χ3v) is 10.8. The Hall–Kier alpha value is -3.38. The number of rotatable bonds is 14. The highest BCUT2D eigenvalue weighted by molar-refractivity contribution is 6.14. The second kappa shape index (κ2) is 15.5. The zero-order valence-electron chi connectivity index (χ0n) is 29.2. The van der Waals surface area contributed by atoms with Crippen LogP contribution < -0.4 is 0 Å². The van der Waals surface area contributed by atoms with Crippen molar-refractivity contribution in [3.63, 3.8) is 0 Å². The Balaban J connectivity index is 1.82. The molecule has 1 aliphatic carbocycles. The molecule has 46 heavy (non-hydrogen) atoms. The van der Waals surface area contributed by atoms with E-state index in [1.54, 1.807) is 44.2 Å². The monoisotopic (exact) mass is 608 g/mol. The van der Waals surface area contributed by atoms with Crippen LogP contribution >= 0.6 is 0 Å². The van der Waals surface area contributed by atoms with E-state index in [0.29, 0.717) is 0 Å². The van der Waals surface area contributed by atoms with Gasteiger partial charge in [0, 0.05) is 0 Å². The smallest absolute Gasteiger partial charge is 0.00699 e. The molecule has 0 fully saturated rings. The fourth-order valence-electron chi connectivity index (χ4n) is 8.44. The molecule has 5 aromatic rings. The first kappa shape index (κ1) is 32.6. The van der Waals surface area contributed by atoms with E-state index in [2.05, 4.69) is 100 Å². The number of hydrogen-bond acceptors (Lipinski definition) is 0. The summed E-state index contributed by atoms with van der Waals surface area (Å²) in [4.78, 5) is 0. The summed E-state index contributed by atoms with van der Waals surface area (Å²) in [5.41, 5.74) is 15.8. The van der Waals surface area contributed by atoms with Crippen LogP contribution in [0.3, 0.4) is 0 Å². The van der Waals surface area contributed by atoms with E-state index in [-0.39, 0.29) is 0 Å². The quantitative estimate of drug-likeness (QED) is 0.110. The molecule has 0 saturated heterocycles. The predicted octanol–water partition coefficient (Wildman–Crippen LogP) is 13.6. The van der Waals surface area contributed by atoms with Crippen LogP contribution in [0, 0.1) is 0 Å². The summed E-state index contributed by atoms with van der Waals surface area (Å²) >= 11 is 0. The van der Waals surface area contributed by atoms with Crippen molar-refractivity contribution in [2.24, 2.45) is 0 Å². The lowest BCUT2D eigenvalue weighted by Gasteiger charge is -2.28. The maximum absolute atomic E-state index is 2.70. The maximum Gasteiger partial charge on any atom is -0.00699 e. The molecule has 0 atom stereocenters. The lowest BCUT2D eigenvalue weighted by molar-refractivity contribution is 0.689. The van der Waals surface area contributed by atoms with Gasteiger partial charge in [-0.25, -0.2) is 0 Å². The molecular formula is C46H56. The average molecular weight is 609 g/mol. The summed E-state index contributed by atoms with van der Waals surface area (Å²) in [6.45, 7) is 9.46. The molecule has 0 heterocycles. The SMILES string of the molecule is CCCCc1c(CCCC)c(CCCC)c2cc3c(-c4ccccc4)c4c(c(-c5ccccc5)c3cc2c1CCCC)CCCC4. The normalized spacial score (nSPS) is 13.0. The zero-order valence-corrected chi connectivity index (χ0v) is 29.2. The zero-order chi connectivity index (χ0) is 31.9. The number of fused-ring (bicyclic) bond motifs is 3. The molecule has 0 aromatic heterocycles. The summed E-state index contributed by atoms with van der Waals surface area (Å²) in [5, 5.41) is 6.07. The summed E-state index contributed by atoms with van der Waals surface area (Å²) in [6.07, 6.45) is 19.9. The van der Waals surface area contributed by atoms with Crippen molar-refractivity contribution in [3.8, 4) is 22.3 Å². The third kappa shape index (κ3) is 6.43. The summed E-state index contributed by atoms with van der Waals surface area (Å²) in [6, 6.07) is 28.1. The molecule has 240 valence electrons. The van der Waals surface area contributed by atoms with Crippen molar-refractivity contribution in [1.29, 1.82) is 0 Å². The minimum absolute atomic E-state index is 1.18. The molecule has 0 nitrogen and oxygen atoms in total. The Labute approximate surface area is 279 Å². The van der Waals surface area contributed by atoms with Gasteiger partial charge in [-0.05, 0) is 166 Å². The minimum Gasteiger partial charge on any atom is -0.0654 e. The molecule has 0 saturated carbocycles. The van der Waals surface area contributed by atoms with E-state index < -0.39 is 0 Å². The van der Waals surface area contributed by atoms with Crippen molar-refractivity contribution in [2.45, 2.75) is 130 Å². The number of hydrogen-bond donors (Lipinski definition) is 0.